The van der Waals surface area contributed by atoms with Crippen molar-refractivity contribution in [2.45, 2.75) is 329 Å². The summed E-state index contributed by atoms with van der Waals surface area (Å²) >= 11 is 0. The third kappa shape index (κ3) is 35.2. The number of H-pyrrole nitrogens is 1. The maximum absolute atomic E-state index is 15.2. The molecule has 43 heteroatoms. The van der Waals surface area contributed by atoms with Gasteiger partial charge in [-0.1, -0.05) is 88.8 Å². The summed E-state index contributed by atoms with van der Waals surface area (Å²) in [6.07, 6.45) is 9.17. The molecule has 10 rings (SSSR count). The molecule has 146 heavy (non-hydrogen) atoms. The second-order valence-corrected chi connectivity index (χ2v) is 41.3. The van der Waals surface area contributed by atoms with Crippen LogP contribution in [0.15, 0.2) is 71.9 Å². The van der Waals surface area contributed by atoms with E-state index in [0.717, 1.165) is 74.1 Å². The van der Waals surface area contributed by atoms with Gasteiger partial charge in [-0.05, 0) is 201 Å². The lowest BCUT2D eigenvalue weighted by molar-refractivity contribution is -0.385. The van der Waals surface area contributed by atoms with E-state index >= 15 is 4.79 Å². The molecule has 5 aliphatic heterocycles. The number of amides is 2. The number of aliphatic hydroxyl groups is 8. The minimum Gasteiger partial charge on any atom is -0.481 e. The van der Waals surface area contributed by atoms with Crippen LogP contribution in [0.2, 0.25) is 0 Å². The molecule has 2 aromatic carbocycles. The van der Waals surface area contributed by atoms with Crippen LogP contribution in [0.25, 0.3) is 10.9 Å². The summed E-state index contributed by atoms with van der Waals surface area (Å²) in [4.78, 5) is 140. The molecule has 1 spiro atoms. The minimum absolute atomic E-state index is 0.0183. The number of likely N-dealkylation sites (N-methyl/N-ethyl adjacent to an activating group) is 1. The molecule has 7 heterocycles. The van der Waals surface area contributed by atoms with Gasteiger partial charge in [0.2, 0.25) is 11.8 Å². The van der Waals surface area contributed by atoms with Crippen molar-refractivity contribution in [1.82, 2.24) is 30.4 Å². The number of benzene rings is 2. The van der Waals surface area contributed by atoms with Gasteiger partial charge in [-0.3, -0.25) is 53.5 Å². The van der Waals surface area contributed by atoms with Gasteiger partial charge in [0.15, 0.2) is 36.5 Å². The molecule has 12 N–H and O–H groups in total. The number of unbranched alkanes of at least 4 members (excludes halogenated alkanes) is 1. The van der Waals surface area contributed by atoms with Crippen molar-refractivity contribution in [3.05, 3.63) is 105 Å². The van der Waals surface area contributed by atoms with Crippen molar-refractivity contribution in [2.24, 2.45) is 11.3 Å². The molecule has 0 radical (unpaired) electrons. The largest absolute Gasteiger partial charge is 0.481 e. The number of aliphatic hydroxyl groups excluding tert-OH is 6. The van der Waals surface area contributed by atoms with Gasteiger partial charge in [-0.25, -0.2) is 9.78 Å². The number of carboxylic acid groups (broad SMARTS) is 1. The molecule has 2 bridgehead atoms. The number of aromatic nitrogens is 2. The summed E-state index contributed by atoms with van der Waals surface area (Å²) in [5.41, 5.74) is 2.89. The second-order valence-electron chi connectivity index (χ2n) is 38.5. The lowest BCUT2D eigenvalue weighted by atomic mass is 9.47. The van der Waals surface area contributed by atoms with Crippen LogP contribution in [0, 0.1) is 28.4 Å². The molecule has 6 aliphatic rings. The van der Waals surface area contributed by atoms with Crippen LogP contribution in [-0.4, -0.2) is 348 Å². The van der Waals surface area contributed by atoms with Crippen molar-refractivity contribution in [1.29, 1.82) is 0 Å². The van der Waals surface area contributed by atoms with Crippen molar-refractivity contribution >= 4 is 97.5 Å². The molecule has 822 valence electrons. The number of nitrogens with one attached hydrogen (secondary N) is 3. The zero-order valence-electron chi connectivity index (χ0n) is 87.6. The second kappa shape index (κ2) is 62.3. The van der Waals surface area contributed by atoms with E-state index in [4.69, 9.17) is 86.9 Å². The topological polar surface area (TPSA) is 569 Å². The molecule has 2 saturated heterocycles. The minimum atomic E-state index is -2.17. The average Bonchev–Trinajstić information content (AvgIpc) is 1.47. The molecule has 1 aliphatic carbocycles. The number of hydrogen-bond donors (Lipinski definition) is 12. The first-order valence-electron chi connectivity index (χ1n) is 50.5. The highest BCUT2D eigenvalue weighted by atomic mass is 33.1. The quantitative estimate of drug-likeness (QED) is 0.00287. The first-order chi connectivity index (χ1) is 69.6. The number of anilines is 1. The maximum atomic E-state index is 15.2. The third-order valence-corrected chi connectivity index (χ3v) is 31.2. The van der Waals surface area contributed by atoms with E-state index in [1.807, 2.05) is 34.7 Å². The van der Waals surface area contributed by atoms with Gasteiger partial charge in [0, 0.05) is 156 Å². The van der Waals surface area contributed by atoms with Gasteiger partial charge in [-0.15, -0.1) is 0 Å². The number of pyridine rings is 1. The van der Waals surface area contributed by atoms with Gasteiger partial charge < -0.3 is 123 Å². The number of piperidine rings is 1. The Morgan fingerprint density at radius 1 is 0.671 bits per heavy atom. The Morgan fingerprint density at radius 2 is 1.23 bits per heavy atom. The number of Topliss-reactive ketones (excluding diaryl/α,β-unsaturated/α-hetero) is 1. The molecule has 13 unspecified atom stereocenters. The van der Waals surface area contributed by atoms with Crippen molar-refractivity contribution in [2.75, 3.05) is 139 Å². The lowest BCUT2D eigenvalue weighted by Gasteiger charge is -2.63. The first-order valence-corrected chi connectivity index (χ1v) is 52.7. The number of ether oxygens (including phenoxy) is 12. The average molecular weight is 2100 g/mol. The molecule has 2 aromatic heterocycles. The lowest BCUT2D eigenvalue weighted by Crippen LogP contribution is -2.80. The number of methoxy groups -OCH3 is 4. The molecule has 3 fully saturated rings. The summed E-state index contributed by atoms with van der Waals surface area (Å²) in [6.45, 7) is 25.2. The van der Waals surface area contributed by atoms with Crippen LogP contribution in [0.3, 0.4) is 0 Å². The maximum Gasteiger partial charge on any atom is 0.373 e. The van der Waals surface area contributed by atoms with E-state index in [0.29, 0.717) is 82.4 Å². The Morgan fingerprint density at radius 3 is 1.74 bits per heavy atom. The number of carboxylic acids is 1. The van der Waals surface area contributed by atoms with Crippen LogP contribution in [-0.2, 0) is 122 Å². The number of aromatic amines is 1. The smallest absolute Gasteiger partial charge is 0.373 e. The van der Waals surface area contributed by atoms with Crippen LogP contribution >= 0.6 is 21.6 Å². The highest BCUT2D eigenvalue weighted by molar-refractivity contribution is 8.77. The molecular formula is C103H160N8O33S2. The Labute approximate surface area is 863 Å². The Balaban J connectivity index is 0.000000391. The van der Waals surface area contributed by atoms with Crippen LogP contribution in [0.5, 0.6) is 0 Å². The molecule has 41 nitrogen and oxygen atoms in total. The third-order valence-electron chi connectivity index (χ3n) is 27.9. The Bertz CT molecular complexity index is 4770. The van der Waals surface area contributed by atoms with Gasteiger partial charge in [0.25, 0.3) is 5.69 Å². The fourth-order valence-corrected chi connectivity index (χ4v) is 22.4. The number of para-hydroxylation sites is 1. The number of esters is 4. The van der Waals surface area contributed by atoms with Gasteiger partial charge in [-0.2, -0.15) is 9.59 Å². The highest BCUT2D eigenvalue weighted by Crippen LogP contribution is 2.68. The number of carbonyl (C=O) groups is 8. The number of hydrogen-bond acceptors (Lipinski definition) is 38. The van der Waals surface area contributed by atoms with Crippen LogP contribution in [0.4, 0.5) is 11.4 Å². The SMILES string of the molecule is CCC(CO)OC(CO)OC.CCC(CO)OC(COC(=O)CCC(=O)O)OC.CCC(CO)OC(COC(=O)CCCC(=O)NC(C)C(=O)OCCCCC(=O)[C@]1(O)C2N(C)c3cc(C)c([C@@]4(C)C[C@@H]5CN(CCc6c4[nH]c4ccccc64)CC(O)(CC)C5)cc3[C@@]23CCN2CC=C[C@](CC)(C23)[C@H]1O)OC.CCC(CO)OC(COC(=O)CCCC(=O)NCCCC(C)(C)SSc1ccc([N+](=O)[O-])cn1)OC.O=C=O. The number of ketones is 1. The zero-order valence-corrected chi connectivity index (χ0v) is 89.2. The molecule has 4 aromatic rings. The summed E-state index contributed by atoms with van der Waals surface area (Å²) < 4.78 is 62.1. The molecule has 1 saturated carbocycles. The van der Waals surface area contributed by atoms with Crippen LogP contribution < -0.4 is 15.5 Å². The Kier molecular flexibility index (Phi) is 53.8. The number of rotatable bonds is 57. The van der Waals surface area contributed by atoms with E-state index < -0.39 is 123 Å². The van der Waals surface area contributed by atoms with E-state index in [-0.39, 0.29) is 170 Å². The standard InChI is InChI=1S/C61H87N5O12.C23H37N3O8S2.C11H20O7.C7H16O4.CO2/c1-9-41(35-67)78-51(75-8)36-77-50(70)22-16-21-49(69)62-39(5)53(71)76-29-15-14-20-48(68)61(74)55-60(25-28-66-26-17-24-59(11-3,54(60)66)56(61)72)45-31-44(38(4)30-47(45)64(55)7)57(6)32-40-33-58(73,10-2)37-65(34-40)27-23-43-42-18-12-13-19-46(42)63-52(43)57;1-5-18(15-27)34-22(32-4)16-33-21(29)9-6-8-19(28)24-13-7-12-23(2,3)36-35-20-11-10-17(14-25-20)26(30)31;1-3-8(6-12)18-11(16-2)7-17-10(15)5-4-9(13)14;1-3-6(4-8)11-7(5-9)10-2;2-1-3/h12-13,17-19,24,30-31,39-41,51,54-56,63,67,72-74H,9-11,14-16,20-23,25-29,32-37H2,1-8H3,(H,62,69);10-11,14,18,22,27H,5-9,12-13,15-16H2,1-4H3,(H,24,28);8,11-12H,3-7H2,1-2H3,(H,13,14);6-9H,3-5H2,1-2H3;/t39?,40-,41?,51?,54?,55?,56+,57+,58?,59+,60+,61-;;;;/m0..../s1. The van der Waals surface area contributed by atoms with Gasteiger partial charge in [0.05, 0.1) is 93.5 Å². The van der Waals surface area contributed by atoms with Crippen molar-refractivity contribution in [3.8, 4) is 0 Å². The summed E-state index contributed by atoms with van der Waals surface area (Å²) in [5.74, 6) is -4.08. The number of nitro groups is 1. The van der Waals surface area contributed by atoms with E-state index in [2.05, 4.69) is 125 Å². The number of aliphatic carboxylic acids is 1. The van der Waals surface area contributed by atoms with Crippen molar-refractivity contribution in [3.63, 3.8) is 0 Å². The molecule has 19 atom stereocenters. The number of fused-ring (bicyclic) bond motifs is 6. The zero-order chi connectivity index (χ0) is 108. The Hall–Kier alpha value is -8.61. The first kappa shape index (κ1) is 126. The number of aryl methyl sites for hydroxylation is 1. The van der Waals surface area contributed by atoms with E-state index in [1.54, 1.807) is 16.9 Å². The molecular weight excluding hydrogens is 1940 g/mol. The predicted molar refractivity (Wildman–Crippen MR) is 541 cm³/mol. The normalized spacial score (nSPS) is 23.4. The van der Waals surface area contributed by atoms with E-state index in [1.165, 1.54) is 80.6 Å². The summed E-state index contributed by atoms with van der Waals surface area (Å²) in [7, 11) is 10.7. The van der Waals surface area contributed by atoms with Crippen molar-refractivity contribution < 1.29 is 156 Å². The van der Waals surface area contributed by atoms with Gasteiger partial charge in [0.1, 0.15) is 43.2 Å². The highest BCUT2D eigenvalue weighted by Gasteiger charge is 2.78. The van der Waals surface area contributed by atoms with Crippen LogP contribution in [0.1, 0.15) is 238 Å². The van der Waals surface area contributed by atoms with E-state index in [9.17, 15) is 69.2 Å². The monoisotopic (exact) mass is 2100 g/mol. The predicted octanol–water partition coefficient (Wildman–Crippen LogP) is 8.84. The summed E-state index contributed by atoms with van der Waals surface area (Å²) in [5, 5.41) is 110. The fraction of sp³-hybridized carbons (Fsp3) is 0.709. The number of nitrogens with zero attached hydrogens (tertiary/aromatic N) is 5. The van der Waals surface area contributed by atoms with Gasteiger partial charge >= 0.3 is 36.0 Å². The molecule has 2 amide bonds. The summed E-state index contributed by atoms with van der Waals surface area (Å²) in [6, 6.07) is 14.4. The number of carbonyl (C=O) groups excluding carboxylic acids is 9. The fourth-order valence-electron chi connectivity index (χ4n) is 20.2.